The minimum Gasteiger partial charge on any atom is -0.307 e. The van der Waals surface area contributed by atoms with Gasteiger partial charge in [-0.2, -0.15) is 5.26 Å². The third kappa shape index (κ3) is 2.71. The van der Waals surface area contributed by atoms with Gasteiger partial charge in [0.15, 0.2) is 0 Å². The maximum atomic E-state index is 13.5. The second-order valence-electron chi connectivity index (χ2n) is 7.02. The summed E-state index contributed by atoms with van der Waals surface area (Å²) in [5, 5.41) is 9.48. The number of carbonyl (C=O) groups is 1. The zero-order valence-corrected chi connectivity index (χ0v) is 16.3. The number of benzene rings is 1. The van der Waals surface area contributed by atoms with Crippen molar-refractivity contribution in [2.24, 2.45) is 5.41 Å². The van der Waals surface area contributed by atoms with Crippen LogP contribution in [0.25, 0.3) is 0 Å². The molecule has 0 aromatic heterocycles. The molecule has 1 aliphatic rings. The molecule has 126 valence electrons. The lowest BCUT2D eigenvalue weighted by atomic mass is 9.60. The average Bonchev–Trinajstić information content (AvgIpc) is 2.75. The number of nitriles is 1. The number of hydrogen-bond acceptors (Lipinski definition) is 2. The van der Waals surface area contributed by atoms with E-state index in [4.69, 9.17) is 0 Å². The van der Waals surface area contributed by atoms with Gasteiger partial charge in [0.25, 0.3) is 0 Å². The summed E-state index contributed by atoms with van der Waals surface area (Å²) in [5.41, 5.74) is 1.48. The Morgan fingerprint density at radius 2 is 2.12 bits per heavy atom. The molecule has 0 bridgehead atoms. The van der Waals surface area contributed by atoms with Crippen LogP contribution in [-0.2, 0) is 10.2 Å². The van der Waals surface area contributed by atoms with E-state index in [0.29, 0.717) is 6.54 Å². The van der Waals surface area contributed by atoms with E-state index in [1.54, 1.807) is 11.0 Å². The molecule has 24 heavy (non-hydrogen) atoms. The highest BCUT2D eigenvalue weighted by molar-refractivity contribution is 9.10. The largest absolute Gasteiger partial charge is 0.307 e. The summed E-state index contributed by atoms with van der Waals surface area (Å²) >= 11 is 3.50. The van der Waals surface area contributed by atoms with Gasteiger partial charge in [-0.3, -0.25) is 4.79 Å². The Morgan fingerprint density at radius 3 is 2.67 bits per heavy atom. The zero-order chi connectivity index (χ0) is 18.1. The molecule has 0 unspecified atom stereocenters. The van der Waals surface area contributed by atoms with Gasteiger partial charge < -0.3 is 4.90 Å². The van der Waals surface area contributed by atoms with Gasteiger partial charge in [-0.05, 0) is 31.5 Å². The smallest absolute Gasteiger partial charge is 0.239 e. The highest BCUT2D eigenvalue weighted by Gasteiger charge is 2.58. The third-order valence-corrected chi connectivity index (χ3v) is 5.45. The van der Waals surface area contributed by atoms with Gasteiger partial charge >= 0.3 is 0 Å². The summed E-state index contributed by atoms with van der Waals surface area (Å²) in [7, 11) is 0. The number of anilines is 1. The van der Waals surface area contributed by atoms with Crippen molar-refractivity contribution in [2.75, 3.05) is 11.4 Å². The van der Waals surface area contributed by atoms with Crippen molar-refractivity contribution in [3.63, 3.8) is 0 Å². The molecule has 0 radical (unpaired) electrons. The number of allylic oxidation sites excluding steroid dienone is 2. The summed E-state index contributed by atoms with van der Waals surface area (Å²) in [6.45, 7) is 12.4. The van der Waals surface area contributed by atoms with Crippen LogP contribution < -0.4 is 4.90 Å². The number of halogens is 1. The maximum absolute atomic E-state index is 13.5. The molecule has 1 aliphatic heterocycles. The van der Waals surface area contributed by atoms with Crippen molar-refractivity contribution < 1.29 is 4.79 Å². The first-order valence-electron chi connectivity index (χ1n) is 7.97. The molecule has 1 heterocycles. The van der Waals surface area contributed by atoms with Gasteiger partial charge in [0.05, 0.1) is 17.9 Å². The van der Waals surface area contributed by atoms with Crippen molar-refractivity contribution in [3.05, 3.63) is 52.5 Å². The first kappa shape index (κ1) is 18.5. The normalized spacial score (nSPS) is 19.7. The molecule has 1 amide bonds. The van der Waals surface area contributed by atoms with E-state index in [2.05, 4.69) is 28.6 Å². The van der Waals surface area contributed by atoms with Crippen molar-refractivity contribution in [3.8, 4) is 6.07 Å². The number of carbonyl (C=O) groups excluding carboxylic acids is 1. The van der Waals surface area contributed by atoms with Crippen LogP contribution in [0.15, 0.2) is 47.0 Å². The van der Waals surface area contributed by atoms with Gasteiger partial charge in [0, 0.05) is 22.1 Å². The molecule has 1 aromatic rings. The highest BCUT2D eigenvalue weighted by atomic mass is 79.9. The second kappa shape index (κ2) is 6.57. The lowest BCUT2D eigenvalue weighted by molar-refractivity contribution is -0.126. The number of nitrogens with zero attached hydrogens (tertiary/aromatic N) is 2. The number of hydrogen-bond donors (Lipinski definition) is 0. The van der Waals surface area contributed by atoms with E-state index in [-0.39, 0.29) is 12.3 Å². The van der Waals surface area contributed by atoms with E-state index in [9.17, 15) is 10.1 Å². The molecule has 1 aromatic carbocycles. The fraction of sp³-hybridized carbons (Fsp3) is 0.400. The van der Waals surface area contributed by atoms with Crippen LogP contribution in [0.4, 0.5) is 5.69 Å². The molecule has 1 atom stereocenters. The first-order chi connectivity index (χ1) is 11.2. The third-order valence-electron chi connectivity index (χ3n) is 4.96. The zero-order valence-electron chi connectivity index (χ0n) is 14.7. The molecule has 0 saturated carbocycles. The SMILES string of the molecule is C=CC(C)(C)[C@@]1(CC#N)C(=O)N(CC=C(C)C)c2cc(Br)ccc21. The summed E-state index contributed by atoms with van der Waals surface area (Å²) in [6.07, 6.45) is 3.95. The van der Waals surface area contributed by atoms with E-state index in [1.807, 2.05) is 52.0 Å². The lowest BCUT2D eigenvalue weighted by Gasteiger charge is -2.39. The fourth-order valence-corrected chi connectivity index (χ4v) is 3.66. The fourth-order valence-electron chi connectivity index (χ4n) is 3.31. The lowest BCUT2D eigenvalue weighted by Crippen LogP contribution is -2.49. The van der Waals surface area contributed by atoms with Crippen LogP contribution in [0, 0.1) is 16.7 Å². The van der Waals surface area contributed by atoms with Crippen molar-refractivity contribution in [1.29, 1.82) is 5.26 Å². The van der Waals surface area contributed by atoms with Gasteiger partial charge in [0.2, 0.25) is 5.91 Å². The molecule has 0 aliphatic carbocycles. The predicted molar refractivity (Wildman–Crippen MR) is 102 cm³/mol. The highest BCUT2D eigenvalue weighted by Crippen LogP contribution is 2.54. The van der Waals surface area contributed by atoms with Crippen LogP contribution in [0.2, 0.25) is 0 Å². The molecule has 4 heteroatoms. The Labute approximate surface area is 152 Å². The molecule has 0 saturated heterocycles. The Kier molecular flexibility index (Phi) is 5.05. The quantitative estimate of drug-likeness (QED) is 0.658. The summed E-state index contributed by atoms with van der Waals surface area (Å²) in [4.78, 5) is 15.3. The van der Waals surface area contributed by atoms with E-state index in [1.165, 1.54) is 0 Å². The van der Waals surface area contributed by atoms with Crippen molar-refractivity contribution in [1.82, 2.24) is 0 Å². The minimum atomic E-state index is -0.908. The van der Waals surface area contributed by atoms with Crippen LogP contribution in [0.3, 0.4) is 0 Å². The Morgan fingerprint density at radius 1 is 1.46 bits per heavy atom. The molecule has 0 spiro atoms. The maximum Gasteiger partial charge on any atom is 0.239 e. The standard InChI is InChI=1S/C20H23BrN2O/c1-6-19(4,5)20(10-11-22)16-8-7-15(21)13-17(16)23(18(20)24)12-9-14(2)3/h6-9,13H,1,10,12H2,2-5H3/t20-/m1/s1. The molecule has 2 rings (SSSR count). The van der Waals surface area contributed by atoms with E-state index >= 15 is 0 Å². The van der Waals surface area contributed by atoms with E-state index in [0.717, 1.165) is 21.3 Å². The number of rotatable bonds is 5. The Bertz CT molecular complexity index is 753. The topological polar surface area (TPSA) is 44.1 Å². The summed E-state index contributed by atoms with van der Waals surface area (Å²) in [5.74, 6) is -0.0282. The van der Waals surface area contributed by atoms with Crippen LogP contribution >= 0.6 is 15.9 Å². The number of fused-ring (bicyclic) bond motifs is 1. The van der Waals surface area contributed by atoms with Crippen molar-refractivity contribution in [2.45, 2.75) is 39.5 Å². The number of amides is 1. The average molecular weight is 387 g/mol. The van der Waals surface area contributed by atoms with Crippen LogP contribution in [0.1, 0.15) is 39.7 Å². The Balaban J connectivity index is 2.75. The summed E-state index contributed by atoms with van der Waals surface area (Å²) in [6, 6.07) is 8.10. The molecule has 0 N–H and O–H groups in total. The van der Waals surface area contributed by atoms with Gasteiger partial charge in [-0.25, -0.2) is 0 Å². The van der Waals surface area contributed by atoms with Gasteiger partial charge in [-0.1, -0.05) is 53.6 Å². The molecule has 3 nitrogen and oxygen atoms in total. The minimum absolute atomic E-state index is 0.0282. The van der Waals surface area contributed by atoms with Gasteiger partial charge in [-0.15, -0.1) is 6.58 Å². The van der Waals surface area contributed by atoms with E-state index < -0.39 is 10.8 Å². The molecular formula is C20H23BrN2O. The predicted octanol–water partition coefficient (Wildman–Crippen LogP) is 5.13. The second-order valence-corrected chi connectivity index (χ2v) is 7.94. The first-order valence-corrected chi connectivity index (χ1v) is 8.76. The van der Waals surface area contributed by atoms with Crippen LogP contribution in [0.5, 0.6) is 0 Å². The van der Waals surface area contributed by atoms with Crippen molar-refractivity contribution >= 4 is 27.5 Å². The van der Waals surface area contributed by atoms with Crippen LogP contribution in [-0.4, -0.2) is 12.5 Å². The molecule has 0 fully saturated rings. The van der Waals surface area contributed by atoms with Gasteiger partial charge in [0.1, 0.15) is 0 Å². The summed E-state index contributed by atoms with van der Waals surface area (Å²) < 4.78 is 0.917. The molecular weight excluding hydrogens is 364 g/mol. The Hall–Kier alpha value is -1.86. The monoisotopic (exact) mass is 386 g/mol.